The number of hydrogen-bond donors (Lipinski definition) is 1. The number of amides is 2. The molecule has 1 N–H and O–H groups in total. The predicted molar refractivity (Wildman–Crippen MR) is 156 cm³/mol. The van der Waals surface area contributed by atoms with Gasteiger partial charge in [-0.3, -0.25) is 13.9 Å². The fourth-order valence-electron chi connectivity index (χ4n) is 4.26. The lowest BCUT2D eigenvalue weighted by Gasteiger charge is -2.34. The molecule has 3 rings (SSSR count). The molecule has 0 radical (unpaired) electrons. The van der Waals surface area contributed by atoms with Crippen LogP contribution in [0.4, 0.5) is 5.69 Å². The fraction of sp³-hybridized carbons (Fsp3) is 0.333. The van der Waals surface area contributed by atoms with Crippen LogP contribution in [0.3, 0.4) is 0 Å². The number of rotatable bonds is 11. The lowest BCUT2D eigenvalue weighted by molar-refractivity contribution is -0.140. The number of halogens is 1. The monoisotopic (exact) mass is 569 g/mol. The zero-order valence-electron chi connectivity index (χ0n) is 23.0. The maximum Gasteiger partial charge on any atom is 0.264 e. The lowest BCUT2D eigenvalue weighted by Crippen LogP contribution is -2.53. The summed E-state index contributed by atoms with van der Waals surface area (Å²) in [5, 5.41) is 3.28. The zero-order valence-corrected chi connectivity index (χ0v) is 24.6. The summed E-state index contributed by atoms with van der Waals surface area (Å²) in [4.78, 5) is 28.8. The number of nitrogens with one attached hydrogen (secondary N) is 1. The summed E-state index contributed by atoms with van der Waals surface area (Å²) in [5.41, 5.74) is 2.88. The van der Waals surface area contributed by atoms with E-state index in [-0.39, 0.29) is 29.1 Å². The molecule has 9 heteroatoms. The van der Waals surface area contributed by atoms with Crippen LogP contribution in [-0.4, -0.2) is 43.8 Å². The standard InChI is InChI=1S/C30H36ClN3O4S/c1-6-28(30(36)32-21(2)3)33(19-24-13-11-10-12-22(24)4)29(35)20-34(25-17-16-23(5)27(31)18-25)39(37,38)26-14-8-7-9-15-26/h7-18,21,28H,6,19-20H2,1-5H3,(H,32,36)/t28-/m1/s1. The van der Waals surface area contributed by atoms with Crippen molar-refractivity contribution < 1.29 is 18.0 Å². The van der Waals surface area contributed by atoms with Gasteiger partial charge in [0.1, 0.15) is 12.6 Å². The third-order valence-electron chi connectivity index (χ3n) is 6.47. The van der Waals surface area contributed by atoms with E-state index >= 15 is 0 Å². The average Bonchev–Trinajstić information content (AvgIpc) is 2.89. The first kappa shape index (κ1) is 30.2. The van der Waals surface area contributed by atoms with Gasteiger partial charge < -0.3 is 10.2 Å². The van der Waals surface area contributed by atoms with Gasteiger partial charge in [-0.15, -0.1) is 0 Å². The Balaban J connectivity index is 2.09. The summed E-state index contributed by atoms with van der Waals surface area (Å²) >= 11 is 6.37. The van der Waals surface area contributed by atoms with Crippen molar-refractivity contribution in [3.05, 3.63) is 94.5 Å². The van der Waals surface area contributed by atoms with Crippen LogP contribution in [0.1, 0.15) is 43.9 Å². The van der Waals surface area contributed by atoms with Crippen molar-refractivity contribution in [2.24, 2.45) is 0 Å². The molecule has 0 unspecified atom stereocenters. The Hall–Kier alpha value is -3.36. The van der Waals surface area contributed by atoms with Gasteiger partial charge in [-0.05, 0) is 75.1 Å². The van der Waals surface area contributed by atoms with Crippen LogP contribution in [0.25, 0.3) is 0 Å². The van der Waals surface area contributed by atoms with E-state index in [1.165, 1.54) is 17.0 Å². The Bertz CT molecular complexity index is 1410. The maximum atomic E-state index is 14.1. The van der Waals surface area contributed by atoms with E-state index in [0.29, 0.717) is 11.4 Å². The van der Waals surface area contributed by atoms with Crippen molar-refractivity contribution in [1.29, 1.82) is 0 Å². The lowest BCUT2D eigenvalue weighted by atomic mass is 10.1. The molecule has 0 aliphatic carbocycles. The molecule has 0 fully saturated rings. The van der Waals surface area contributed by atoms with Crippen LogP contribution in [0.5, 0.6) is 0 Å². The maximum absolute atomic E-state index is 14.1. The molecule has 3 aromatic rings. The minimum absolute atomic E-state index is 0.0459. The van der Waals surface area contributed by atoms with E-state index in [4.69, 9.17) is 11.6 Å². The van der Waals surface area contributed by atoms with Crippen molar-refractivity contribution in [2.75, 3.05) is 10.8 Å². The number of nitrogens with zero attached hydrogens (tertiary/aromatic N) is 2. The number of sulfonamides is 1. The molecule has 0 aliphatic heterocycles. The Morgan fingerprint density at radius 1 is 0.923 bits per heavy atom. The molecule has 2 amide bonds. The summed E-state index contributed by atoms with van der Waals surface area (Å²) in [6, 6.07) is 19.5. The van der Waals surface area contributed by atoms with Crippen LogP contribution in [0, 0.1) is 13.8 Å². The molecule has 39 heavy (non-hydrogen) atoms. The normalized spacial score (nSPS) is 12.2. The van der Waals surface area contributed by atoms with Gasteiger partial charge in [-0.1, -0.05) is 67.1 Å². The van der Waals surface area contributed by atoms with Crippen molar-refractivity contribution in [3.63, 3.8) is 0 Å². The zero-order chi connectivity index (χ0) is 28.7. The molecule has 0 spiro atoms. The number of hydrogen-bond acceptors (Lipinski definition) is 4. The van der Waals surface area contributed by atoms with Crippen molar-refractivity contribution >= 4 is 39.1 Å². The second-order valence-corrected chi connectivity index (χ2v) is 12.1. The number of anilines is 1. The van der Waals surface area contributed by atoms with Gasteiger partial charge in [-0.25, -0.2) is 8.42 Å². The van der Waals surface area contributed by atoms with Crippen LogP contribution in [0.2, 0.25) is 5.02 Å². The third kappa shape index (κ3) is 7.40. The average molecular weight is 570 g/mol. The molecular formula is C30H36ClN3O4S. The molecule has 0 aliphatic rings. The van der Waals surface area contributed by atoms with E-state index in [9.17, 15) is 18.0 Å². The molecule has 208 valence electrons. The predicted octanol–water partition coefficient (Wildman–Crippen LogP) is 5.48. The van der Waals surface area contributed by atoms with E-state index in [2.05, 4.69) is 5.32 Å². The van der Waals surface area contributed by atoms with Gasteiger partial charge >= 0.3 is 0 Å². The van der Waals surface area contributed by atoms with Gasteiger partial charge in [0.15, 0.2) is 0 Å². The molecule has 0 aromatic heterocycles. The summed E-state index contributed by atoms with van der Waals surface area (Å²) in [7, 11) is -4.14. The summed E-state index contributed by atoms with van der Waals surface area (Å²) in [6.45, 7) is 8.95. The van der Waals surface area contributed by atoms with Crippen LogP contribution < -0.4 is 9.62 Å². The first-order valence-electron chi connectivity index (χ1n) is 12.9. The quantitative estimate of drug-likeness (QED) is 0.331. The van der Waals surface area contributed by atoms with Crippen molar-refractivity contribution in [3.8, 4) is 0 Å². The van der Waals surface area contributed by atoms with E-state index in [1.807, 2.05) is 58.9 Å². The van der Waals surface area contributed by atoms with Crippen LogP contribution >= 0.6 is 11.6 Å². The Morgan fingerprint density at radius 2 is 1.56 bits per heavy atom. The fourth-order valence-corrected chi connectivity index (χ4v) is 5.86. The minimum Gasteiger partial charge on any atom is -0.352 e. The molecule has 0 bridgehead atoms. The van der Waals surface area contributed by atoms with E-state index in [0.717, 1.165) is 21.0 Å². The highest BCUT2D eigenvalue weighted by molar-refractivity contribution is 7.92. The van der Waals surface area contributed by atoms with Crippen molar-refractivity contribution in [1.82, 2.24) is 10.2 Å². The summed E-state index contributed by atoms with van der Waals surface area (Å²) in [6.07, 6.45) is 0.359. The largest absolute Gasteiger partial charge is 0.352 e. The molecule has 3 aromatic carbocycles. The molecule has 1 atom stereocenters. The van der Waals surface area contributed by atoms with Gasteiger partial charge in [0.25, 0.3) is 10.0 Å². The van der Waals surface area contributed by atoms with Gasteiger partial charge in [-0.2, -0.15) is 0 Å². The molecular weight excluding hydrogens is 534 g/mol. The highest BCUT2D eigenvalue weighted by Gasteiger charge is 2.34. The highest BCUT2D eigenvalue weighted by atomic mass is 35.5. The molecule has 0 heterocycles. The second kappa shape index (κ2) is 13.1. The Morgan fingerprint density at radius 3 is 2.15 bits per heavy atom. The topological polar surface area (TPSA) is 86.8 Å². The van der Waals surface area contributed by atoms with E-state index < -0.39 is 28.5 Å². The Labute approximate surface area is 236 Å². The van der Waals surface area contributed by atoms with Crippen LogP contribution in [0.15, 0.2) is 77.7 Å². The van der Waals surface area contributed by atoms with E-state index in [1.54, 1.807) is 36.4 Å². The smallest absolute Gasteiger partial charge is 0.264 e. The second-order valence-electron chi connectivity index (χ2n) is 9.79. The number of carbonyl (C=O) groups is 2. The van der Waals surface area contributed by atoms with Gasteiger partial charge in [0, 0.05) is 17.6 Å². The first-order valence-corrected chi connectivity index (χ1v) is 14.8. The SMILES string of the molecule is CC[C@H](C(=O)NC(C)C)N(Cc1ccccc1C)C(=O)CN(c1ccc(C)c(Cl)c1)S(=O)(=O)c1ccccc1. The minimum atomic E-state index is -4.14. The molecule has 7 nitrogen and oxygen atoms in total. The molecule has 0 saturated heterocycles. The Kier molecular flexibility index (Phi) is 10.2. The number of carbonyl (C=O) groups excluding carboxylic acids is 2. The third-order valence-corrected chi connectivity index (χ3v) is 8.67. The van der Waals surface area contributed by atoms with Crippen molar-refractivity contribution in [2.45, 2.75) is 64.6 Å². The van der Waals surface area contributed by atoms with Gasteiger partial charge in [0.05, 0.1) is 10.6 Å². The summed E-state index contributed by atoms with van der Waals surface area (Å²) < 4.78 is 28.8. The summed E-state index contributed by atoms with van der Waals surface area (Å²) in [5.74, 6) is -0.787. The first-order chi connectivity index (χ1) is 18.4. The number of benzene rings is 3. The van der Waals surface area contributed by atoms with Gasteiger partial charge in [0.2, 0.25) is 11.8 Å². The molecule has 0 saturated carbocycles. The highest BCUT2D eigenvalue weighted by Crippen LogP contribution is 2.29. The number of aryl methyl sites for hydroxylation is 2. The van der Waals surface area contributed by atoms with Crippen LogP contribution in [-0.2, 0) is 26.2 Å².